The number of nitrogens with one attached hydrogen (secondary N) is 2. The quantitative estimate of drug-likeness (QED) is 0.617. The number of allylic oxidation sites excluding steroid dienone is 2. The van der Waals surface area contributed by atoms with E-state index in [0.29, 0.717) is 30.0 Å². The molecular weight excluding hydrogens is 383 g/mol. The highest BCUT2D eigenvalue weighted by Crippen LogP contribution is 2.46. The largest absolute Gasteiger partial charge is 0.460 e. The normalized spacial score (nSPS) is 19.0. The molecule has 3 aromatic rings. The molecule has 1 atom stereocenters. The van der Waals surface area contributed by atoms with Gasteiger partial charge in [0.25, 0.3) is 0 Å². The maximum Gasteiger partial charge on any atom is 0.417 e. The first-order valence-corrected chi connectivity index (χ1v) is 9.27. The van der Waals surface area contributed by atoms with Gasteiger partial charge in [0.1, 0.15) is 11.5 Å². The van der Waals surface area contributed by atoms with Gasteiger partial charge in [0.15, 0.2) is 11.6 Å². The smallest absolute Gasteiger partial charge is 0.417 e. The van der Waals surface area contributed by atoms with Crippen LogP contribution in [0, 0.1) is 0 Å². The average molecular weight is 399 g/mol. The number of Topliss-reactive ketones (excluding diaryl/α,β-unsaturated/α-hetero) is 1. The molecule has 1 aromatic carbocycles. The molecular formula is C21H16F3N3O2. The molecule has 2 aliphatic rings. The van der Waals surface area contributed by atoms with Crippen molar-refractivity contribution in [1.29, 1.82) is 0 Å². The van der Waals surface area contributed by atoms with Crippen molar-refractivity contribution in [2.24, 2.45) is 0 Å². The number of hydrogen-bond acceptors (Lipinski definition) is 4. The van der Waals surface area contributed by atoms with Gasteiger partial charge >= 0.3 is 6.18 Å². The Bertz CT molecular complexity index is 1140. The molecule has 0 radical (unpaired) electrons. The third-order valence-corrected chi connectivity index (χ3v) is 5.40. The molecule has 3 heterocycles. The van der Waals surface area contributed by atoms with Gasteiger partial charge in [0, 0.05) is 35.0 Å². The number of alkyl halides is 3. The number of carbonyl (C=O) groups is 1. The minimum Gasteiger partial charge on any atom is -0.460 e. The van der Waals surface area contributed by atoms with E-state index in [9.17, 15) is 18.0 Å². The molecule has 8 heteroatoms. The number of carbonyl (C=O) groups excluding carboxylic acids is 1. The van der Waals surface area contributed by atoms with Crippen LogP contribution in [0.4, 0.5) is 19.0 Å². The average Bonchev–Trinajstić information content (AvgIpc) is 3.35. The van der Waals surface area contributed by atoms with Crippen molar-refractivity contribution in [3.63, 3.8) is 0 Å². The highest BCUT2D eigenvalue weighted by Gasteiger charge is 2.39. The monoisotopic (exact) mass is 399 g/mol. The van der Waals surface area contributed by atoms with E-state index < -0.39 is 17.7 Å². The van der Waals surface area contributed by atoms with Gasteiger partial charge in [-0.2, -0.15) is 18.3 Å². The fourth-order valence-corrected chi connectivity index (χ4v) is 4.14. The van der Waals surface area contributed by atoms with Crippen molar-refractivity contribution in [2.45, 2.75) is 31.4 Å². The van der Waals surface area contributed by atoms with E-state index in [-0.39, 0.29) is 17.1 Å². The van der Waals surface area contributed by atoms with Crippen LogP contribution in [0.2, 0.25) is 0 Å². The second-order valence-corrected chi connectivity index (χ2v) is 7.16. The first-order valence-electron chi connectivity index (χ1n) is 9.27. The minimum absolute atomic E-state index is 0.0178. The standard InChI is InChI=1S/C21H16F3N3O2/c22-21(23,24)13-5-2-1-4-11(13)16-8-9-17(29-16)18-12-10-25-27-20(12)26-14-6-3-7-15(28)19(14)18/h1-2,4-5,8-10,18H,3,6-7H2,(H2,25,26,27)/t18-/m0/s1. The van der Waals surface area contributed by atoms with Crippen LogP contribution in [-0.2, 0) is 11.0 Å². The summed E-state index contributed by atoms with van der Waals surface area (Å²) in [5.74, 6) is 0.659. The van der Waals surface area contributed by atoms with Crippen molar-refractivity contribution in [3.05, 3.63) is 70.8 Å². The van der Waals surface area contributed by atoms with E-state index in [4.69, 9.17) is 4.42 Å². The molecule has 0 saturated heterocycles. The van der Waals surface area contributed by atoms with E-state index in [2.05, 4.69) is 15.5 Å². The van der Waals surface area contributed by atoms with Gasteiger partial charge in [-0.25, -0.2) is 0 Å². The molecule has 0 amide bonds. The number of H-pyrrole nitrogens is 1. The summed E-state index contributed by atoms with van der Waals surface area (Å²) < 4.78 is 46.1. The van der Waals surface area contributed by atoms with Crippen molar-refractivity contribution < 1.29 is 22.4 Å². The number of anilines is 1. The lowest BCUT2D eigenvalue weighted by atomic mass is 9.79. The SMILES string of the molecule is O=C1CCCC2=C1[C@H](c1ccc(-c3ccccc3C(F)(F)F)o1)c1c[nH]nc1N2. The summed E-state index contributed by atoms with van der Waals surface area (Å²) in [5.41, 5.74) is 1.36. The van der Waals surface area contributed by atoms with E-state index in [1.807, 2.05) is 0 Å². The minimum atomic E-state index is -4.49. The van der Waals surface area contributed by atoms with E-state index in [0.717, 1.165) is 23.7 Å². The lowest BCUT2D eigenvalue weighted by Gasteiger charge is -2.30. The summed E-state index contributed by atoms with van der Waals surface area (Å²) in [6.07, 6.45) is -0.905. The van der Waals surface area contributed by atoms with E-state index in [1.54, 1.807) is 12.3 Å². The highest BCUT2D eigenvalue weighted by molar-refractivity contribution is 6.00. The molecule has 0 saturated carbocycles. The number of furan rings is 1. The van der Waals surface area contributed by atoms with Gasteiger partial charge in [0.2, 0.25) is 0 Å². The molecule has 0 fully saturated rings. The Hall–Kier alpha value is -3.29. The fourth-order valence-electron chi connectivity index (χ4n) is 4.14. The zero-order valence-electron chi connectivity index (χ0n) is 15.1. The number of benzene rings is 1. The first kappa shape index (κ1) is 17.8. The van der Waals surface area contributed by atoms with Crippen LogP contribution in [-0.4, -0.2) is 16.0 Å². The Morgan fingerprint density at radius 1 is 1.10 bits per heavy atom. The molecule has 148 valence electrons. The van der Waals surface area contributed by atoms with Crippen molar-refractivity contribution >= 4 is 11.6 Å². The zero-order chi connectivity index (χ0) is 20.2. The number of aromatic nitrogens is 2. The maximum absolute atomic E-state index is 13.4. The molecule has 2 aromatic heterocycles. The van der Waals surface area contributed by atoms with Gasteiger partial charge < -0.3 is 9.73 Å². The molecule has 5 nitrogen and oxygen atoms in total. The van der Waals surface area contributed by atoms with Gasteiger partial charge in [-0.05, 0) is 31.0 Å². The van der Waals surface area contributed by atoms with Crippen molar-refractivity contribution in [2.75, 3.05) is 5.32 Å². The number of rotatable bonds is 2. The third-order valence-electron chi connectivity index (χ3n) is 5.40. The van der Waals surface area contributed by atoms with Crippen LogP contribution in [0.1, 0.15) is 42.1 Å². The Kier molecular flexibility index (Phi) is 3.90. The van der Waals surface area contributed by atoms with Crippen LogP contribution < -0.4 is 5.32 Å². The van der Waals surface area contributed by atoms with Crippen LogP contribution in [0.15, 0.2) is 58.3 Å². The predicted octanol–water partition coefficient (Wildman–Crippen LogP) is 5.25. The van der Waals surface area contributed by atoms with Crippen molar-refractivity contribution in [3.8, 4) is 11.3 Å². The molecule has 0 bridgehead atoms. The Morgan fingerprint density at radius 3 is 2.76 bits per heavy atom. The Morgan fingerprint density at radius 2 is 1.93 bits per heavy atom. The topological polar surface area (TPSA) is 70.9 Å². The molecule has 5 rings (SSSR count). The number of fused-ring (bicyclic) bond motifs is 1. The summed E-state index contributed by atoms with van der Waals surface area (Å²) in [7, 11) is 0. The summed E-state index contributed by atoms with van der Waals surface area (Å²) in [6.45, 7) is 0. The number of nitrogens with zero attached hydrogens (tertiary/aromatic N) is 1. The second kappa shape index (κ2) is 6.37. The second-order valence-electron chi connectivity index (χ2n) is 7.16. The summed E-state index contributed by atoms with van der Waals surface area (Å²) >= 11 is 0. The Balaban J connectivity index is 1.63. The molecule has 1 aliphatic heterocycles. The predicted molar refractivity (Wildman–Crippen MR) is 99.1 cm³/mol. The molecule has 2 N–H and O–H groups in total. The number of hydrogen-bond donors (Lipinski definition) is 2. The lowest BCUT2D eigenvalue weighted by Crippen LogP contribution is -2.26. The Labute approximate surface area is 163 Å². The van der Waals surface area contributed by atoms with Gasteiger partial charge in [-0.15, -0.1) is 0 Å². The van der Waals surface area contributed by atoms with Gasteiger partial charge in [-0.3, -0.25) is 9.89 Å². The van der Waals surface area contributed by atoms with Crippen LogP contribution in [0.3, 0.4) is 0 Å². The summed E-state index contributed by atoms with van der Waals surface area (Å²) in [4.78, 5) is 12.7. The number of ketones is 1. The number of aromatic amines is 1. The summed E-state index contributed by atoms with van der Waals surface area (Å²) in [5, 5.41) is 10.2. The molecule has 29 heavy (non-hydrogen) atoms. The first-order chi connectivity index (χ1) is 13.9. The summed E-state index contributed by atoms with van der Waals surface area (Å²) in [6, 6.07) is 8.46. The maximum atomic E-state index is 13.4. The third kappa shape index (κ3) is 2.86. The van der Waals surface area contributed by atoms with Gasteiger partial charge in [0.05, 0.1) is 11.5 Å². The highest BCUT2D eigenvalue weighted by atomic mass is 19.4. The van der Waals surface area contributed by atoms with Crippen LogP contribution >= 0.6 is 0 Å². The van der Waals surface area contributed by atoms with Gasteiger partial charge in [-0.1, -0.05) is 18.2 Å². The van der Waals surface area contributed by atoms with Crippen LogP contribution in [0.25, 0.3) is 11.3 Å². The molecule has 1 aliphatic carbocycles. The number of halogens is 3. The van der Waals surface area contributed by atoms with E-state index >= 15 is 0 Å². The van der Waals surface area contributed by atoms with Crippen LogP contribution in [0.5, 0.6) is 0 Å². The fraction of sp³-hybridized carbons (Fsp3) is 0.238. The van der Waals surface area contributed by atoms with E-state index in [1.165, 1.54) is 24.3 Å². The lowest BCUT2D eigenvalue weighted by molar-refractivity contribution is -0.137. The van der Waals surface area contributed by atoms with Crippen molar-refractivity contribution in [1.82, 2.24) is 10.2 Å². The molecule has 0 spiro atoms. The zero-order valence-corrected chi connectivity index (χ0v) is 15.1. The molecule has 0 unspecified atom stereocenters.